The quantitative estimate of drug-likeness (QED) is 0.178. The van der Waals surface area contributed by atoms with Crippen LogP contribution in [0.25, 0.3) is 0 Å². The minimum atomic E-state index is -2.35. The van der Waals surface area contributed by atoms with Gasteiger partial charge >= 0.3 is 5.97 Å². The lowest BCUT2D eigenvalue weighted by Gasteiger charge is -2.15. The molecule has 5 nitrogen and oxygen atoms in total. The molecular formula is C20H13F5O5. The Kier molecular flexibility index (Phi) is 5.51. The Bertz CT molecular complexity index is 1080. The number of allylic oxidation sites excluding steroid dienone is 2. The summed E-state index contributed by atoms with van der Waals surface area (Å²) in [4.78, 5) is 24.3. The number of ether oxygens (including phenoxy) is 3. The molecular weight excluding hydrogens is 415 g/mol. The van der Waals surface area contributed by atoms with Crippen molar-refractivity contribution in [1.29, 1.82) is 0 Å². The Morgan fingerprint density at radius 2 is 1.53 bits per heavy atom. The summed E-state index contributed by atoms with van der Waals surface area (Å²) in [6.45, 7) is 4.35. The van der Waals surface area contributed by atoms with Crippen LogP contribution in [0, 0.1) is 29.1 Å². The number of fused-ring (bicyclic) bond motifs is 1. The van der Waals surface area contributed by atoms with Gasteiger partial charge in [0.25, 0.3) is 0 Å². The fourth-order valence-electron chi connectivity index (χ4n) is 2.56. The third kappa shape index (κ3) is 3.60. The van der Waals surface area contributed by atoms with Crippen molar-refractivity contribution in [1.82, 2.24) is 0 Å². The minimum absolute atomic E-state index is 0.0885. The average Bonchev–Trinajstić information content (AvgIpc) is 3.04. The highest BCUT2D eigenvalue weighted by Crippen LogP contribution is 2.35. The van der Waals surface area contributed by atoms with E-state index in [0.29, 0.717) is 5.57 Å². The number of esters is 1. The molecule has 2 aromatic rings. The molecule has 0 aromatic heterocycles. The molecule has 158 valence electrons. The van der Waals surface area contributed by atoms with Crippen molar-refractivity contribution in [2.45, 2.75) is 26.9 Å². The van der Waals surface area contributed by atoms with Gasteiger partial charge in [-0.3, -0.25) is 4.79 Å². The van der Waals surface area contributed by atoms with Crippen LogP contribution >= 0.6 is 0 Å². The molecule has 3 rings (SSSR count). The molecule has 0 radical (unpaired) electrons. The van der Waals surface area contributed by atoms with Crippen LogP contribution < -0.4 is 14.2 Å². The normalized spacial score (nSPS) is 13.6. The number of ketones is 1. The van der Waals surface area contributed by atoms with Gasteiger partial charge in [-0.15, -0.1) is 0 Å². The zero-order valence-electron chi connectivity index (χ0n) is 15.7. The van der Waals surface area contributed by atoms with Gasteiger partial charge in [0.1, 0.15) is 11.5 Å². The first kappa shape index (κ1) is 21.3. The Morgan fingerprint density at radius 3 is 2.10 bits per heavy atom. The molecule has 1 heterocycles. The minimum Gasteiger partial charge on any atom is -0.473 e. The van der Waals surface area contributed by atoms with Crippen LogP contribution in [0.2, 0.25) is 0 Å². The van der Waals surface area contributed by atoms with Gasteiger partial charge in [0.15, 0.2) is 17.6 Å². The Balaban J connectivity index is 1.78. The van der Waals surface area contributed by atoms with Crippen LogP contribution in [0.5, 0.6) is 17.2 Å². The molecule has 1 atom stereocenters. The molecule has 0 spiro atoms. The monoisotopic (exact) mass is 428 g/mol. The first-order valence-corrected chi connectivity index (χ1v) is 8.46. The number of benzene rings is 2. The third-order valence-electron chi connectivity index (χ3n) is 4.08. The number of carbonyl (C=O) groups is 2. The molecule has 1 aliphatic heterocycles. The second-order valence-corrected chi connectivity index (χ2v) is 6.50. The molecule has 30 heavy (non-hydrogen) atoms. The molecule has 0 aliphatic carbocycles. The summed E-state index contributed by atoms with van der Waals surface area (Å²) in [6, 6.07) is 3.87. The summed E-state index contributed by atoms with van der Waals surface area (Å²) in [7, 11) is 0. The van der Waals surface area contributed by atoms with Gasteiger partial charge in [0.05, 0.1) is 5.56 Å². The summed E-state index contributed by atoms with van der Waals surface area (Å²) >= 11 is 0. The van der Waals surface area contributed by atoms with Gasteiger partial charge in [-0.1, -0.05) is 0 Å². The summed E-state index contributed by atoms with van der Waals surface area (Å²) in [6.07, 6.45) is -1.73. The predicted molar refractivity (Wildman–Crippen MR) is 91.7 cm³/mol. The van der Waals surface area contributed by atoms with Gasteiger partial charge in [0.2, 0.25) is 34.9 Å². The van der Waals surface area contributed by atoms with Crippen molar-refractivity contribution >= 4 is 11.8 Å². The van der Waals surface area contributed by atoms with E-state index in [-0.39, 0.29) is 28.6 Å². The Morgan fingerprint density at radius 1 is 0.967 bits per heavy atom. The van der Waals surface area contributed by atoms with E-state index in [1.807, 2.05) is 0 Å². The van der Waals surface area contributed by atoms with Gasteiger partial charge in [-0.25, -0.2) is 18.0 Å². The highest BCUT2D eigenvalue weighted by Gasteiger charge is 2.31. The smallest absolute Gasteiger partial charge is 0.352 e. The zero-order chi connectivity index (χ0) is 22.3. The molecule has 1 aliphatic rings. The average molecular weight is 428 g/mol. The molecule has 0 saturated carbocycles. The van der Waals surface area contributed by atoms with Crippen LogP contribution in [0.4, 0.5) is 22.0 Å². The SMILES string of the molecule is CC(C)=C1Oc2cc(OC(=O)C(C)Oc3c(F)c(F)c(F)c(F)c3F)ccc2C1=O. The number of hydrogen-bond donors (Lipinski definition) is 0. The number of carbonyl (C=O) groups excluding carboxylic acids is 2. The second-order valence-electron chi connectivity index (χ2n) is 6.50. The molecule has 0 N–H and O–H groups in total. The fraction of sp³-hybridized carbons (Fsp3) is 0.200. The summed E-state index contributed by atoms with van der Waals surface area (Å²) in [5, 5.41) is 0. The first-order chi connectivity index (χ1) is 14.0. The van der Waals surface area contributed by atoms with E-state index in [4.69, 9.17) is 9.47 Å². The predicted octanol–water partition coefficient (Wildman–Crippen LogP) is 4.62. The number of hydrogen-bond acceptors (Lipinski definition) is 5. The number of rotatable bonds is 4. The standard InChI is InChI=1S/C20H13F5O5/c1-7(2)18-17(26)10-5-4-9(6-11(10)30-18)29-20(27)8(3)28-19-15(24)13(22)12(21)14(23)16(19)25/h4-6,8H,1-3H3. The van der Waals surface area contributed by atoms with E-state index in [0.717, 1.165) is 6.92 Å². The van der Waals surface area contributed by atoms with Crippen LogP contribution in [0.3, 0.4) is 0 Å². The molecule has 0 amide bonds. The number of Topliss-reactive ketones (excluding diaryl/α,β-unsaturated/α-hetero) is 1. The molecule has 10 heteroatoms. The van der Waals surface area contributed by atoms with Crippen molar-refractivity contribution < 1.29 is 45.8 Å². The van der Waals surface area contributed by atoms with E-state index in [9.17, 15) is 31.5 Å². The fourth-order valence-corrected chi connectivity index (χ4v) is 2.56. The maximum absolute atomic E-state index is 13.7. The summed E-state index contributed by atoms with van der Waals surface area (Å²) in [5.74, 6) is -14.2. The lowest BCUT2D eigenvalue weighted by atomic mass is 10.1. The van der Waals surface area contributed by atoms with Gasteiger partial charge in [-0.05, 0) is 38.5 Å². The van der Waals surface area contributed by atoms with Crippen molar-refractivity contribution in [3.05, 3.63) is 64.2 Å². The highest BCUT2D eigenvalue weighted by atomic mass is 19.2. The molecule has 0 bridgehead atoms. The number of halogens is 5. The zero-order valence-corrected chi connectivity index (χ0v) is 15.7. The largest absolute Gasteiger partial charge is 0.473 e. The van der Waals surface area contributed by atoms with Crippen molar-refractivity contribution in [2.75, 3.05) is 0 Å². The summed E-state index contributed by atoms with van der Waals surface area (Å²) < 4.78 is 82.0. The van der Waals surface area contributed by atoms with E-state index >= 15 is 0 Å². The highest BCUT2D eigenvalue weighted by molar-refractivity contribution is 6.12. The van der Waals surface area contributed by atoms with Crippen molar-refractivity contribution in [3.63, 3.8) is 0 Å². The van der Waals surface area contributed by atoms with Crippen LogP contribution in [-0.2, 0) is 4.79 Å². The first-order valence-electron chi connectivity index (χ1n) is 8.46. The molecule has 2 aromatic carbocycles. The molecule has 0 fully saturated rings. The van der Waals surface area contributed by atoms with Crippen molar-refractivity contribution in [2.24, 2.45) is 0 Å². The van der Waals surface area contributed by atoms with E-state index in [2.05, 4.69) is 4.74 Å². The van der Waals surface area contributed by atoms with Crippen LogP contribution in [-0.4, -0.2) is 17.9 Å². The summed E-state index contributed by atoms with van der Waals surface area (Å²) in [5.41, 5.74) is 0.885. The van der Waals surface area contributed by atoms with Crippen molar-refractivity contribution in [3.8, 4) is 17.2 Å². The Labute approximate surface area is 166 Å². The second kappa shape index (κ2) is 7.77. The Hall–Kier alpha value is -3.43. The van der Waals surface area contributed by atoms with Crippen LogP contribution in [0.15, 0.2) is 29.5 Å². The van der Waals surface area contributed by atoms with E-state index in [1.54, 1.807) is 13.8 Å². The maximum atomic E-state index is 13.7. The van der Waals surface area contributed by atoms with Gasteiger partial charge in [0, 0.05) is 6.07 Å². The topological polar surface area (TPSA) is 61.8 Å². The van der Waals surface area contributed by atoms with Crippen LogP contribution in [0.1, 0.15) is 31.1 Å². The molecule has 1 unspecified atom stereocenters. The van der Waals surface area contributed by atoms with E-state index < -0.39 is 46.9 Å². The van der Waals surface area contributed by atoms with Gasteiger partial charge < -0.3 is 14.2 Å². The maximum Gasteiger partial charge on any atom is 0.352 e. The molecule has 0 saturated heterocycles. The third-order valence-corrected chi connectivity index (χ3v) is 4.08. The lowest BCUT2D eigenvalue weighted by Crippen LogP contribution is -2.29. The van der Waals surface area contributed by atoms with Gasteiger partial charge in [-0.2, -0.15) is 8.78 Å². The van der Waals surface area contributed by atoms with E-state index in [1.165, 1.54) is 18.2 Å². The lowest BCUT2D eigenvalue weighted by molar-refractivity contribution is -0.141.